The second-order valence-corrected chi connectivity index (χ2v) is 4.72. The van der Waals surface area contributed by atoms with Gasteiger partial charge in [-0.1, -0.05) is 13.8 Å². The van der Waals surface area contributed by atoms with Crippen molar-refractivity contribution in [1.82, 2.24) is 4.98 Å². The maximum absolute atomic E-state index is 9.75. The fraction of sp³-hybridized carbons (Fsp3) is 0.667. The molecule has 0 aromatic carbocycles. The van der Waals surface area contributed by atoms with E-state index < -0.39 is 5.91 Å². The summed E-state index contributed by atoms with van der Waals surface area (Å²) in [5, 5.41) is 12.3. The third-order valence-electron chi connectivity index (χ3n) is 1.62. The number of ether oxygens (including phenoxy) is 1. The molecule has 0 aliphatic rings. The average Bonchev–Trinajstić information content (AvgIpc) is 2.49. The highest BCUT2D eigenvalue weighted by atomic mass is 32.1. The van der Waals surface area contributed by atoms with Crippen LogP contribution in [-0.4, -0.2) is 16.7 Å². The quantitative estimate of drug-likeness (QED) is 0.742. The third kappa shape index (κ3) is 3.02. The lowest BCUT2D eigenvalue weighted by atomic mass is 10.2. The summed E-state index contributed by atoms with van der Waals surface area (Å²) < 4.78 is 5.17. The van der Waals surface area contributed by atoms with Gasteiger partial charge in [0.1, 0.15) is 5.69 Å². The van der Waals surface area contributed by atoms with Crippen molar-refractivity contribution in [2.45, 2.75) is 26.7 Å². The SMILES string of the molecule is Cc1nc(C(N)(O)OCC(C)C)cs1. The monoisotopic (exact) mass is 216 g/mol. The van der Waals surface area contributed by atoms with Crippen molar-refractivity contribution in [3.8, 4) is 0 Å². The van der Waals surface area contributed by atoms with E-state index in [1.165, 1.54) is 11.3 Å². The van der Waals surface area contributed by atoms with Crippen LogP contribution in [0.4, 0.5) is 0 Å². The molecule has 4 nitrogen and oxygen atoms in total. The van der Waals surface area contributed by atoms with Crippen LogP contribution in [0.25, 0.3) is 0 Å². The number of nitrogens with zero attached hydrogens (tertiary/aromatic N) is 1. The number of nitrogens with two attached hydrogens (primary N) is 1. The number of hydrogen-bond donors (Lipinski definition) is 2. The molecule has 0 aliphatic carbocycles. The van der Waals surface area contributed by atoms with Crippen molar-refractivity contribution in [3.05, 3.63) is 16.1 Å². The Morgan fingerprint density at radius 1 is 1.71 bits per heavy atom. The Morgan fingerprint density at radius 3 is 2.79 bits per heavy atom. The number of rotatable bonds is 4. The minimum atomic E-state index is -1.75. The van der Waals surface area contributed by atoms with E-state index in [0.29, 0.717) is 18.2 Å². The molecule has 1 rings (SSSR count). The van der Waals surface area contributed by atoms with E-state index in [-0.39, 0.29) is 0 Å². The number of aromatic nitrogens is 1. The number of hydrogen-bond acceptors (Lipinski definition) is 5. The van der Waals surface area contributed by atoms with E-state index in [1.807, 2.05) is 20.8 Å². The van der Waals surface area contributed by atoms with E-state index >= 15 is 0 Å². The molecule has 0 saturated heterocycles. The molecule has 1 heterocycles. The molecule has 1 aromatic rings. The predicted molar refractivity (Wildman–Crippen MR) is 55.7 cm³/mol. The van der Waals surface area contributed by atoms with Gasteiger partial charge in [-0.15, -0.1) is 11.3 Å². The smallest absolute Gasteiger partial charge is 0.269 e. The summed E-state index contributed by atoms with van der Waals surface area (Å²) in [7, 11) is 0. The van der Waals surface area contributed by atoms with Gasteiger partial charge in [-0.3, -0.25) is 5.73 Å². The summed E-state index contributed by atoms with van der Waals surface area (Å²) in [6.45, 7) is 6.24. The van der Waals surface area contributed by atoms with Gasteiger partial charge in [-0.2, -0.15) is 0 Å². The van der Waals surface area contributed by atoms with E-state index in [4.69, 9.17) is 10.5 Å². The van der Waals surface area contributed by atoms with E-state index in [1.54, 1.807) is 5.38 Å². The molecule has 0 fully saturated rings. The van der Waals surface area contributed by atoms with Crippen LogP contribution in [0, 0.1) is 12.8 Å². The molecule has 14 heavy (non-hydrogen) atoms. The second-order valence-electron chi connectivity index (χ2n) is 3.65. The van der Waals surface area contributed by atoms with Crippen molar-refractivity contribution in [2.24, 2.45) is 11.7 Å². The molecule has 80 valence electrons. The molecule has 0 saturated carbocycles. The molecule has 1 unspecified atom stereocenters. The summed E-state index contributed by atoms with van der Waals surface area (Å²) >= 11 is 1.43. The molecule has 0 radical (unpaired) electrons. The number of aryl methyl sites for hydroxylation is 1. The van der Waals surface area contributed by atoms with Gasteiger partial charge < -0.3 is 9.84 Å². The lowest BCUT2D eigenvalue weighted by molar-refractivity contribution is -0.216. The third-order valence-corrected chi connectivity index (χ3v) is 2.40. The molecule has 3 N–H and O–H groups in total. The van der Waals surface area contributed by atoms with Gasteiger partial charge in [0.05, 0.1) is 11.6 Å². The van der Waals surface area contributed by atoms with Crippen LogP contribution in [0.15, 0.2) is 5.38 Å². The Morgan fingerprint density at radius 2 is 2.36 bits per heavy atom. The van der Waals surface area contributed by atoms with Gasteiger partial charge in [0.2, 0.25) is 0 Å². The van der Waals surface area contributed by atoms with E-state index in [0.717, 1.165) is 5.01 Å². The Hall–Kier alpha value is -0.490. The topological polar surface area (TPSA) is 68.4 Å². The predicted octanol–water partition coefficient (Wildman–Crippen LogP) is 1.19. The van der Waals surface area contributed by atoms with Crippen molar-refractivity contribution >= 4 is 11.3 Å². The van der Waals surface area contributed by atoms with Gasteiger partial charge in [-0.05, 0) is 12.8 Å². The Balaban J connectivity index is 2.65. The molecule has 0 amide bonds. The van der Waals surface area contributed by atoms with E-state index in [9.17, 15) is 5.11 Å². The first-order valence-electron chi connectivity index (χ1n) is 4.49. The standard InChI is InChI=1S/C9H16N2O2S/c1-6(2)4-13-9(10,12)8-5-14-7(3)11-8/h5-6,12H,4,10H2,1-3H3. The minimum Gasteiger partial charge on any atom is -0.348 e. The summed E-state index contributed by atoms with van der Waals surface area (Å²) in [4.78, 5) is 4.08. The number of thiazole rings is 1. The second kappa shape index (κ2) is 4.35. The average molecular weight is 216 g/mol. The molecule has 0 bridgehead atoms. The summed E-state index contributed by atoms with van der Waals surface area (Å²) in [5.41, 5.74) is 5.95. The zero-order chi connectivity index (χ0) is 10.8. The first-order chi connectivity index (χ1) is 6.42. The first-order valence-corrected chi connectivity index (χ1v) is 5.37. The minimum absolute atomic E-state index is 0.324. The Kier molecular flexibility index (Phi) is 3.60. The van der Waals surface area contributed by atoms with Crippen LogP contribution in [0.3, 0.4) is 0 Å². The molecule has 5 heteroatoms. The van der Waals surface area contributed by atoms with Crippen molar-refractivity contribution in [3.63, 3.8) is 0 Å². The summed E-state index contributed by atoms with van der Waals surface area (Å²) in [5.74, 6) is -1.43. The zero-order valence-corrected chi connectivity index (χ0v) is 9.47. The van der Waals surface area contributed by atoms with Gasteiger partial charge in [0.25, 0.3) is 5.91 Å². The largest absolute Gasteiger partial charge is 0.348 e. The van der Waals surface area contributed by atoms with Gasteiger partial charge >= 0.3 is 0 Å². The van der Waals surface area contributed by atoms with Crippen molar-refractivity contribution in [2.75, 3.05) is 6.61 Å². The van der Waals surface area contributed by atoms with E-state index in [2.05, 4.69) is 4.98 Å². The normalized spacial score (nSPS) is 15.9. The van der Waals surface area contributed by atoms with Gasteiger partial charge in [-0.25, -0.2) is 4.98 Å². The molecule has 0 aliphatic heterocycles. The van der Waals surface area contributed by atoms with Gasteiger partial charge in [0.15, 0.2) is 0 Å². The molecular weight excluding hydrogens is 200 g/mol. The van der Waals surface area contributed by atoms with Crippen LogP contribution in [0.1, 0.15) is 24.5 Å². The van der Waals surface area contributed by atoms with Crippen LogP contribution >= 0.6 is 11.3 Å². The van der Waals surface area contributed by atoms with Gasteiger partial charge in [0, 0.05) is 5.38 Å². The fourth-order valence-corrected chi connectivity index (χ4v) is 1.55. The fourth-order valence-electron chi connectivity index (χ4n) is 0.896. The Labute approximate surface area is 87.7 Å². The first kappa shape index (κ1) is 11.6. The zero-order valence-electron chi connectivity index (χ0n) is 8.65. The van der Waals surface area contributed by atoms with Crippen LogP contribution in [0.5, 0.6) is 0 Å². The molecule has 1 aromatic heterocycles. The molecule has 0 spiro atoms. The lowest BCUT2D eigenvalue weighted by Gasteiger charge is -2.22. The summed E-state index contributed by atoms with van der Waals surface area (Å²) in [6, 6.07) is 0. The highest BCUT2D eigenvalue weighted by Crippen LogP contribution is 2.19. The maximum atomic E-state index is 9.75. The highest BCUT2D eigenvalue weighted by Gasteiger charge is 2.27. The van der Waals surface area contributed by atoms with Crippen molar-refractivity contribution < 1.29 is 9.84 Å². The molecule has 1 atom stereocenters. The Bertz CT molecular complexity index is 297. The summed E-state index contributed by atoms with van der Waals surface area (Å²) in [6.07, 6.45) is 0. The van der Waals surface area contributed by atoms with Crippen molar-refractivity contribution in [1.29, 1.82) is 0 Å². The lowest BCUT2D eigenvalue weighted by Crippen LogP contribution is -2.40. The van der Waals surface area contributed by atoms with Crippen LogP contribution in [0.2, 0.25) is 0 Å². The maximum Gasteiger partial charge on any atom is 0.269 e. The highest BCUT2D eigenvalue weighted by molar-refractivity contribution is 7.09. The van der Waals surface area contributed by atoms with Crippen LogP contribution < -0.4 is 5.73 Å². The molecular formula is C9H16N2O2S. The number of aliphatic hydroxyl groups is 1. The van der Waals surface area contributed by atoms with Crippen LogP contribution in [-0.2, 0) is 10.6 Å².